The highest BCUT2D eigenvalue weighted by Gasteiger charge is 2.17. The molecule has 1 aromatic rings. The van der Waals surface area contributed by atoms with Gasteiger partial charge in [-0.2, -0.15) is 5.10 Å². The Bertz CT molecular complexity index is 390. The molecule has 3 heteroatoms. The van der Waals surface area contributed by atoms with Crippen molar-refractivity contribution in [3.8, 4) is 0 Å². The Morgan fingerprint density at radius 1 is 1.38 bits per heavy atom. The van der Waals surface area contributed by atoms with Crippen molar-refractivity contribution in [1.82, 2.24) is 9.78 Å². The molecule has 1 aliphatic carbocycles. The zero-order valence-corrected chi connectivity index (χ0v) is 10.2. The Kier molecular flexibility index (Phi) is 3.44. The van der Waals surface area contributed by atoms with Crippen LogP contribution in [0.25, 0.3) is 0 Å². The Hall–Kier alpha value is -1.09. The predicted molar refractivity (Wildman–Crippen MR) is 66.0 cm³/mol. The number of nitrogens with zero attached hydrogens (tertiary/aromatic N) is 2. The molecular formula is C13H21N3. The fourth-order valence-corrected chi connectivity index (χ4v) is 2.34. The van der Waals surface area contributed by atoms with E-state index in [1.165, 1.54) is 42.5 Å². The van der Waals surface area contributed by atoms with E-state index in [0.717, 1.165) is 6.42 Å². The fourth-order valence-electron chi connectivity index (χ4n) is 2.34. The molecule has 1 heterocycles. The Morgan fingerprint density at radius 2 is 2.19 bits per heavy atom. The average molecular weight is 219 g/mol. The number of hydrogen-bond acceptors (Lipinski definition) is 2. The summed E-state index contributed by atoms with van der Waals surface area (Å²) in [6, 6.07) is 0.0480. The maximum Gasteiger partial charge on any atom is 0.0544 e. The van der Waals surface area contributed by atoms with Crippen molar-refractivity contribution >= 4 is 0 Å². The summed E-state index contributed by atoms with van der Waals surface area (Å²) in [6.45, 7) is 2.08. The topological polar surface area (TPSA) is 43.8 Å². The van der Waals surface area contributed by atoms with Crippen LogP contribution >= 0.6 is 0 Å². The molecule has 0 aliphatic heterocycles. The van der Waals surface area contributed by atoms with Crippen molar-refractivity contribution in [2.24, 2.45) is 12.8 Å². The highest BCUT2D eigenvalue weighted by atomic mass is 15.3. The first-order valence-electron chi connectivity index (χ1n) is 6.13. The lowest BCUT2D eigenvalue weighted by molar-refractivity contribution is 0.684. The molecule has 0 aromatic carbocycles. The van der Waals surface area contributed by atoms with Crippen LogP contribution in [0.5, 0.6) is 0 Å². The molecule has 3 nitrogen and oxygen atoms in total. The number of allylic oxidation sites excluding steroid dienone is 1. The SMILES string of the molecule is Cc1c(C(N)C2=CCCCCC2)cnn1C. The summed E-state index contributed by atoms with van der Waals surface area (Å²) in [7, 11) is 1.97. The van der Waals surface area contributed by atoms with E-state index < -0.39 is 0 Å². The van der Waals surface area contributed by atoms with E-state index >= 15 is 0 Å². The second-order valence-corrected chi connectivity index (χ2v) is 4.66. The standard InChI is InChI=1S/C13H21N3/c1-10-12(9-15-16(10)2)13(14)11-7-5-3-4-6-8-11/h7,9,13H,3-6,8,14H2,1-2H3. The molecule has 0 saturated heterocycles. The van der Waals surface area contributed by atoms with E-state index in [2.05, 4.69) is 18.1 Å². The van der Waals surface area contributed by atoms with Gasteiger partial charge in [0.25, 0.3) is 0 Å². The van der Waals surface area contributed by atoms with Crippen LogP contribution in [0.15, 0.2) is 17.8 Å². The molecular weight excluding hydrogens is 198 g/mol. The van der Waals surface area contributed by atoms with E-state index in [0.29, 0.717) is 0 Å². The molecule has 2 N–H and O–H groups in total. The number of aryl methyl sites for hydroxylation is 1. The molecule has 1 aliphatic rings. The number of aromatic nitrogens is 2. The molecule has 2 rings (SSSR count). The van der Waals surface area contributed by atoms with Gasteiger partial charge < -0.3 is 5.73 Å². The van der Waals surface area contributed by atoms with Crippen LogP contribution in [-0.4, -0.2) is 9.78 Å². The van der Waals surface area contributed by atoms with Crippen LogP contribution in [0.2, 0.25) is 0 Å². The van der Waals surface area contributed by atoms with Crippen LogP contribution in [-0.2, 0) is 7.05 Å². The first-order chi connectivity index (χ1) is 7.70. The maximum atomic E-state index is 6.33. The zero-order valence-electron chi connectivity index (χ0n) is 10.2. The average Bonchev–Trinajstić information content (AvgIpc) is 2.53. The van der Waals surface area contributed by atoms with Gasteiger partial charge in [0.2, 0.25) is 0 Å². The minimum Gasteiger partial charge on any atom is -0.320 e. The normalized spacial score (nSPS) is 19.1. The first kappa shape index (κ1) is 11.4. The molecule has 1 unspecified atom stereocenters. The molecule has 16 heavy (non-hydrogen) atoms. The van der Waals surface area contributed by atoms with Crippen LogP contribution in [0.3, 0.4) is 0 Å². The van der Waals surface area contributed by atoms with Crippen molar-refractivity contribution in [2.45, 2.75) is 45.1 Å². The first-order valence-corrected chi connectivity index (χ1v) is 6.13. The van der Waals surface area contributed by atoms with Crippen molar-refractivity contribution in [1.29, 1.82) is 0 Å². The summed E-state index contributed by atoms with van der Waals surface area (Å²) in [5, 5.41) is 4.26. The molecule has 1 aromatic heterocycles. The lowest BCUT2D eigenvalue weighted by Crippen LogP contribution is -2.14. The van der Waals surface area contributed by atoms with E-state index in [-0.39, 0.29) is 6.04 Å². The minimum atomic E-state index is 0.0480. The van der Waals surface area contributed by atoms with E-state index in [9.17, 15) is 0 Å². The molecule has 0 fully saturated rings. The van der Waals surface area contributed by atoms with Gasteiger partial charge >= 0.3 is 0 Å². The van der Waals surface area contributed by atoms with Crippen molar-refractivity contribution in [3.63, 3.8) is 0 Å². The highest BCUT2D eigenvalue weighted by Crippen LogP contribution is 2.28. The number of nitrogens with two attached hydrogens (primary N) is 1. The largest absolute Gasteiger partial charge is 0.320 e. The summed E-state index contributed by atoms with van der Waals surface area (Å²) in [4.78, 5) is 0. The van der Waals surface area contributed by atoms with Gasteiger partial charge in [0.05, 0.1) is 12.2 Å². The summed E-state index contributed by atoms with van der Waals surface area (Å²) in [5.74, 6) is 0. The van der Waals surface area contributed by atoms with Gasteiger partial charge in [0, 0.05) is 18.3 Å². The van der Waals surface area contributed by atoms with Gasteiger partial charge in [0.15, 0.2) is 0 Å². The van der Waals surface area contributed by atoms with Crippen molar-refractivity contribution in [3.05, 3.63) is 29.1 Å². The van der Waals surface area contributed by atoms with Gasteiger partial charge in [-0.3, -0.25) is 4.68 Å². The van der Waals surface area contributed by atoms with E-state index in [4.69, 9.17) is 5.73 Å². The Balaban J connectivity index is 2.20. The Labute approximate surface area is 97.3 Å². The van der Waals surface area contributed by atoms with Crippen LogP contribution in [0.4, 0.5) is 0 Å². The molecule has 0 radical (unpaired) electrons. The van der Waals surface area contributed by atoms with Gasteiger partial charge in [-0.05, 0) is 32.6 Å². The second kappa shape index (κ2) is 4.83. The number of hydrogen-bond donors (Lipinski definition) is 1. The summed E-state index contributed by atoms with van der Waals surface area (Å²) >= 11 is 0. The Morgan fingerprint density at radius 3 is 2.88 bits per heavy atom. The molecule has 0 bridgehead atoms. The summed E-state index contributed by atoms with van der Waals surface area (Å²) < 4.78 is 1.90. The third kappa shape index (κ3) is 2.19. The van der Waals surface area contributed by atoms with Gasteiger partial charge in [-0.25, -0.2) is 0 Å². The lowest BCUT2D eigenvalue weighted by atomic mass is 9.96. The van der Waals surface area contributed by atoms with Crippen molar-refractivity contribution < 1.29 is 0 Å². The van der Waals surface area contributed by atoms with Crippen LogP contribution in [0, 0.1) is 6.92 Å². The van der Waals surface area contributed by atoms with Crippen molar-refractivity contribution in [2.75, 3.05) is 0 Å². The quantitative estimate of drug-likeness (QED) is 0.777. The van der Waals surface area contributed by atoms with E-state index in [1.807, 2.05) is 17.9 Å². The molecule has 88 valence electrons. The van der Waals surface area contributed by atoms with Crippen LogP contribution < -0.4 is 5.73 Å². The van der Waals surface area contributed by atoms with Gasteiger partial charge in [-0.15, -0.1) is 0 Å². The summed E-state index contributed by atoms with van der Waals surface area (Å²) in [5.41, 5.74) is 10.1. The highest BCUT2D eigenvalue weighted by molar-refractivity contribution is 5.29. The smallest absolute Gasteiger partial charge is 0.0544 e. The van der Waals surface area contributed by atoms with Gasteiger partial charge in [0.1, 0.15) is 0 Å². The zero-order chi connectivity index (χ0) is 11.5. The predicted octanol–water partition coefficient (Wildman–Crippen LogP) is 2.62. The van der Waals surface area contributed by atoms with Gasteiger partial charge in [-0.1, -0.05) is 18.1 Å². The fraction of sp³-hybridized carbons (Fsp3) is 0.615. The molecule has 1 atom stereocenters. The summed E-state index contributed by atoms with van der Waals surface area (Å²) in [6.07, 6.45) is 10.5. The van der Waals surface area contributed by atoms with Crippen LogP contribution in [0.1, 0.15) is 49.4 Å². The third-order valence-electron chi connectivity index (χ3n) is 3.58. The second-order valence-electron chi connectivity index (χ2n) is 4.66. The van der Waals surface area contributed by atoms with E-state index in [1.54, 1.807) is 0 Å². The molecule has 0 amide bonds. The number of rotatable bonds is 2. The minimum absolute atomic E-state index is 0.0480. The molecule has 0 saturated carbocycles. The third-order valence-corrected chi connectivity index (χ3v) is 3.58. The lowest BCUT2D eigenvalue weighted by Gasteiger charge is -2.15. The monoisotopic (exact) mass is 219 g/mol. The molecule has 0 spiro atoms. The maximum absolute atomic E-state index is 6.33.